The minimum absolute atomic E-state index is 0.515. The maximum absolute atomic E-state index is 10.8. The van der Waals surface area contributed by atoms with Crippen molar-refractivity contribution < 1.29 is 9.53 Å². The Balaban J connectivity index is 1.94. The third-order valence-electron chi connectivity index (χ3n) is 2.61. The van der Waals surface area contributed by atoms with Crippen LogP contribution in [0.4, 0.5) is 0 Å². The minimum Gasteiger partial charge on any atom is -0.492 e. The van der Waals surface area contributed by atoms with Crippen LogP contribution in [0.2, 0.25) is 0 Å². The average Bonchev–Trinajstić information content (AvgIpc) is 2.39. The zero-order valence-corrected chi connectivity index (χ0v) is 10.3. The van der Waals surface area contributed by atoms with Gasteiger partial charge in [0.15, 0.2) is 6.29 Å². The van der Waals surface area contributed by atoms with E-state index in [1.807, 2.05) is 37.3 Å². The summed E-state index contributed by atoms with van der Waals surface area (Å²) in [6.45, 7) is 2.48. The van der Waals surface area contributed by atoms with Crippen LogP contribution in [0.5, 0.6) is 5.75 Å². The highest BCUT2D eigenvalue weighted by Gasteiger charge is 2.02. The highest BCUT2D eigenvalue weighted by atomic mass is 16.5. The summed E-state index contributed by atoms with van der Waals surface area (Å²) < 4.78 is 5.60. The Labute approximate surface area is 106 Å². The van der Waals surface area contributed by atoms with Crippen LogP contribution < -0.4 is 4.74 Å². The summed E-state index contributed by atoms with van der Waals surface area (Å²) in [7, 11) is 0. The van der Waals surface area contributed by atoms with Gasteiger partial charge in [0, 0.05) is 17.8 Å². The van der Waals surface area contributed by atoms with Gasteiger partial charge in [0.25, 0.3) is 0 Å². The quantitative estimate of drug-likeness (QED) is 0.756. The van der Waals surface area contributed by atoms with E-state index in [0.717, 1.165) is 24.1 Å². The van der Waals surface area contributed by atoms with Crippen molar-refractivity contribution in [3.05, 3.63) is 59.4 Å². The highest BCUT2D eigenvalue weighted by molar-refractivity contribution is 5.79. The second-order valence-corrected chi connectivity index (χ2v) is 4.02. The molecule has 3 nitrogen and oxygen atoms in total. The van der Waals surface area contributed by atoms with Crippen LogP contribution in [-0.2, 0) is 6.42 Å². The van der Waals surface area contributed by atoms with Crippen LogP contribution in [0.25, 0.3) is 0 Å². The first kappa shape index (κ1) is 12.3. The summed E-state index contributed by atoms with van der Waals surface area (Å²) >= 11 is 0. The zero-order chi connectivity index (χ0) is 12.8. The van der Waals surface area contributed by atoms with E-state index in [9.17, 15) is 4.79 Å². The number of aryl methyl sites for hydroxylation is 1. The van der Waals surface area contributed by atoms with Crippen molar-refractivity contribution in [1.29, 1.82) is 0 Å². The molecule has 0 radical (unpaired) electrons. The lowest BCUT2D eigenvalue weighted by atomic mass is 10.2. The molecule has 1 aromatic carbocycles. The standard InChI is InChI=1S/C15H15NO2/c1-12-5-4-7-14(16-12)9-10-18-15-8-3-2-6-13(15)11-17/h2-8,11H,9-10H2,1H3. The number of carbonyl (C=O) groups is 1. The van der Waals surface area contributed by atoms with Crippen molar-refractivity contribution in [1.82, 2.24) is 4.98 Å². The Morgan fingerprint density at radius 3 is 2.78 bits per heavy atom. The SMILES string of the molecule is Cc1cccc(CCOc2ccccc2C=O)n1. The van der Waals surface area contributed by atoms with E-state index in [4.69, 9.17) is 4.74 Å². The molecule has 18 heavy (non-hydrogen) atoms. The molecule has 0 N–H and O–H groups in total. The molecular formula is C15H15NO2. The molecule has 2 aromatic rings. The molecule has 0 aliphatic rings. The smallest absolute Gasteiger partial charge is 0.153 e. The van der Waals surface area contributed by atoms with Gasteiger partial charge < -0.3 is 4.74 Å². The van der Waals surface area contributed by atoms with Crippen LogP contribution in [0, 0.1) is 6.92 Å². The van der Waals surface area contributed by atoms with Gasteiger partial charge in [-0.15, -0.1) is 0 Å². The molecular weight excluding hydrogens is 226 g/mol. The van der Waals surface area contributed by atoms with E-state index < -0.39 is 0 Å². The lowest BCUT2D eigenvalue weighted by molar-refractivity contribution is 0.111. The lowest BCUT2D eigenvalue weighted by Gasteiger charge is -2.08. The molecule has 0 atom stereocenters. The topological polar surface area (TPSA) is 39.2 Å². The number of aromatic nitrogens is 1. The van der Waals surface area contributed by atoms with Gasteiger partial charge in [0.05, 0.1) is 12.2 Å². The fourth-order valence-electron chi connectivity index (χ4n) is 1.71. The van der Waals surface area contributed by atoms with Crippen LogP contribution in [-0.4, -0.2) is 17.9 Å². The van der Waals surface area contributed by atoms with Crippen LogP contribution in [0.3, 0.4) is 0 Å². The molecule has 0 amide bonds. The minimum atomic E-state index is 0.515. The Kier molecular flexibility index (Phi) is 4.07. The number of pyridine rings is 1. The molecule has 0 unspecified atom stereocenters. The van der Waals surface area contributed by atoms with Gasteiger partial charge in [0.2, 0.25) is 0 Å². The average molecular weight is 241 g/mol. The summed E-state index contributed by atoms with van der Waals surface area (Å²) in [6.07, 6.45) is 1.54. The molecule has 0 aliphatic heterocycles. The van der Waals surface area contributed by atoms with E-state index in [-0.39, 0.29) is 0 Å². The zero-order valence-electron chi connectivity index (χ0n) is 10.3. The number of hydrogen-bond acceptors (Lipinski definition) is 3. The van der Waals surface area contributed by atoms with Crippen molar-refractivity contribution in [2.75, 3.05) is 6.61 Å². The predicted octanol–water partition coefficient (Wildman–Crippen LogP) is 2.82. The van der Waals surface area contributed by atoms with E-state index in [1.165, 1.54) is 0 Å². The van der Waals surface area contributed by atoms with Gasteiger partial charge in [-0.05, 0) is 31.2 Å². The van der Waals surface area contributed by atoms with Gasteiger partial charge in [-0.25, -0.2) is 0 Å². The van der Waals surface area contributed by atoms with Crippen molar-refractivity contribution in [2.45, 2.75) is 13.3 Å². The number of rotatable bonds is 5. The van der Waals surface area contributed by atoms with Gasteiger partial charge in [-0.1, -0.05) is 18.2 Å². The molecule has 0 bridgehead atoms. The Morgan fingerprint density at radius 1 is 1.17 bits per heavy atom. The molecule has 1 heterocycles. The molecule has 92 valence electrons. The maximum atomic E-state index is 10.8. The van der Waals surface area contributed by atoms with Crippen molar-refractivity contribution in [3.63, 3.8) is 0 Å². The summed E-state index contributed by atoms with van der Waals surface area (Å²) in [4.78, 5) is 15.2. The lowest BCUT2D eigenvalue weighted by Crippen LogP contribution is -2.04. The number of benzene rings is 1. The number of aldehydes is 1. The van der Waals surface area contributed by atoms with Crippen LogP contribution in [0.1, 0.15) is 21.7 Å². The van der Waals surface area contributed by atoms with Crippen LogP contribution in [0.15, 0.2) is 42.5 Å². The number of carbonyl (C=O) groups excluding carboxylic acids is 1. The molecule has 0 saturated heterocycles. The molecule has 0 aliphatic carbocycles. The monoisotopic (exact) mass is 241 g/mol. The number of para-hydroxylation sites is 1. The van der Waals surface area contributed by atoms with Crippen molar-refractivity contribution in [2.24, 2.45) is 0 Å². The predicted molar refractivity (Wildman–Crippen MR) is 70.0 cm³/mol. The molecule has 3 heteroatoms. The normalized spacial score (nSPS) is 10.1. The molecule has 2 rings (SSSR count). The van der Waals surface area contributed by atoms with Gasteiger partial charge in [-0.3, -0.25) is 9.78 Å². The second-order valence-electron chi connectivity index (χ2n) is 4.02. The summed E-state index contributed by atoms with van der Waals surface area (Å²) in [5.74, 6) is 0.625. The summed E-state index contributed by atoms with van der Waals surface area (Å²) in [6, 6.07) is 13.1. The molecule has 0 saturated carbocycles. The molecule has 0 fully saturated rings. The summed E-state index contributed by atoms with van der Waals surface area (Å²) in [5.41, 5.74) is 2.58. The highest BCUT2D eigenvalue weighted by Crippen LogP contribution is 2.15. The number of nitrogens with zero attached hydrogens (tertiary/aromatic N) is 1. The largest absolute Gasteiger partial charge is 0.492 e. The van der Waals surface area contributed by atoms with Gasteiger partial charge in [0.1, 0.15) is 5.75 Å². The van der Waals surface area contributed by atoms with E-state index >= 15 is 0 Å². The van der Waals surface area contributed by atoms with Crippen molar-refractivity contribution >= 4 is 6.29 Å². The van der Waals surface area contributed by atoms with E-state index in [0.29, 0.717) is 17.9 Å². The fourth-order valence-corrected chi connectivity index (χ4v) is 1.71. The van der Waals surface area contributed by atoms with Gasteiger partial charge in [-0.2, -0.15) is 0 Å². The Bertz CT molecular complexity index is 538. The first-order chi connectivity index (χ1) is 8.79. The van der Waals surface area contributed by atoms with Crippen molar-refractivity contribution in [3.8, 4) is 5.75 Å². The second kappa shape index (κ2) is 5.96. The van der Waals surface area contributed by atoms with Gasteiger partial charge >= 0.3 is 0 Å². The first-order valence-electron chi connectivity index (χ1n) is 5.89. The number of ether oxygens (including phenoxy) is 1. The fraction of sp³-hybridized carbons (Fsp3) is 0.200. The number of hydrogen-bond donors (Lipinski definition) is 0. The van der Waals surface area contributed by atoms with Crippen LogP contribution >= 0.6 is 0 Å². The Hall–Kier alpha value is -2.16. The third-order valence-corrected chi connectivity index (χ3v) is 2.61. The van der Waals surface area contributed by atoms with E-state index in [2.05, 4.69) is 4.98 Å². The maximum Gasteiger partial charge on any atom is 0.153 e. The first-order valence-corrected chi connectivity index (χ1v) is 5.89. The summed E-state index contributed by atoms with van der Waals surface area (Å²) in [5, 5.41) is 0. The van der Waals surface area contributed by atoms with E-state index in [1.54, 1.807) is 12.1 Å². The molecule has 1 aromatic heterocycles. The third kappa shape index (κ3) is 3.17. The Morgan fingerprint density at radius 2 is 2.00 bits per heavy atom. The molecule has 0 spiro atoms.